The number of anilines is 1. The van der Waals surface area contributed by atoms with Crippen molar-refractivity contribution in [1.82, 2.24) is 0 Å². The number of hydrogen-bond acceptors (Lipinski definition) is 4. The number of sulfonamides is 1. The molecule has 10 heteroatoms. The van der Waals surface area contributed by atoms with Gasteiger partial charge in [0.05, 0.1) is 21.7 Å². The highest BCUT2D eigenvalue weighted by Crippen LogP contribution is 2.36. The molecule has 0 saturated carbocycles. The molecule has 0 unspecified atom stereocenters. The molecule has 156 valence electrons. The van der Waals surface area contributed by atoms with Crippen LogP contribution >= 0.6 is 0 Å². The third kappa shape index (κ3) is 4.44. The molecule has 1 saturated heterocycles. The van der Waals surface area contributed by atoms with Crippen LogP contribution in [-0.2, 0) is 25.5 Å². The van der Waals surface area contributed by atoms with Crippen LogP contribution in [0.5, 0.6) is 0 Å². The lowest BCUT2D eigenvalue weighted by atomic mass is 9.79. The molecule has 2 aromatic rings. The Labute approximate surface area is 168 Å². The Morgan fingerprint density at radius 3 is 2.00 bits per heavy atom. The van der Waals surface area contributed by atoms with E-state index < -0.39 is 40.1 Å². The summed E-state index contributed by atoms with van der Waals surface area (Å²) in [6, 6.07) is 9.85. The molecule has 0 spiro atoms. The fourth-order valence-corrected chi connectivity index (χ4v) is 3.81. The van der Waals surface area contributed by atoms with E-state index in [4.69, 9.17) is 9.31 Å². The summed E-state index contributed by atoms with van der Waals surface area (Å²) >= 11 is 0. The average Bonchev–Trinajstić information content (AvgIpc) is 2.82. The molecule has 1 aliphatic rings. The fraction of sp³-hybridized carbons (Fsp3) is 0.368. The van der Waals surface area contributed by atoms with Crippen LogP contribution in [0.2, 0.25) is 0 Å². The van der Waals surface area contributed by atoms with Gasteiger partial charge in [0.1, 0.15) is 0 Å². The third-order valence-corrected chi connectivity index (χ3v) is 6.56. The Morgan fingerprint density at radius 2 is 1.48 bits per heavy atom. The van der Waals surface area contributed by atoms with Crippen LogP contribution in [0.15, 0.2) is 53.4 Å². The zero-order valence-electron chi connectivity index (χ0n) is 16.4. The van der Waals surface area contributed by atoms with Gasteiger partial charge in [0.15, 0.2) is 0 Å². The fourth-order valence-electron chi connectivity index (χ4n) is 2.76. The Balaban J connectivity index is 1.79. The van der Waals surface area contributed by atoms with E-state index in [0.29, 0.717) is 5.46 Å². The zero-order chi connectivity index (χ0) is 21.7. The second-order valence-corrected chi connectivity index (χ2v) is 9.52. The van der Waals surface area contributed by atoms with Crippen molar-refractivity contribution in [3.63, 3.8) is 0 Å². The minimum atomic E-state index is -4.56. The topological polar surface area (TPSA) is 64.6 Å². The van der Waals surface area contributed by atoms with Gasteiger partial charge in [-0.3, -0.25) is 4.72 Å². The molecule has 2 aromatic carbocycles. The first-order chi connectivity index (χ1) is 13.2. The van der Waals surface area contributed by atoms with E-state index >= 15 is 0 Å². The van der Waals surface area contributed by atoms with Crippen LogP contribution in [0.3, 0.4) is 0 Å². The molecule has 29 heavy (non-hydrogen) atoms. The molecule has 0 amide bonds. The van der Waals surface area contributed by atoms with Crippen LogP contribution in [0.1, 0.15) is 33.3 Å². The molecule has 0 radical (unpaired) electrons. The highest BCUT2D eigenvalue weighted by molar-refractivity contribution is 7.92. The molecule has 0 bridgehead atoms. The Morgan fingerprint density at radius 1 is 0.931 bits per heavy atom. The van der Waals surface area contributed by atoms with E-state index in [1.54, 1.807) is 12.1 Å². The Bertz CT molecular complexity index is 989. The van der Waals surface area contributed by atoms with Gasteiger partial charge in [0.25, 0.3) is 10.0 Å². The van der Waals surface area contributed by atoms with Gasteiger partial charge in [-0.25, -0.2) is 8.42 Å². The van der Waals surface area contributed by atoms with Crippen molar-refractivity contribution in [1.29, 1.82) is 0 Å². The molecular weight excluding hydrogens is 406 g/mol. The molecule has 0 aromatic heterocycles. The average molecular weight is 427 g/mol. The van der Waals surface area contributed by atoms with E-state index in [-0.39, 0.29) is 10.6 Å². The summed E-state index contributed by atoms with van der Waals surface area (Å²) in [4.78, 5) is -0.0878. The molecular formula is C19H21BF3NO4S. The Hall–Kier alpha value is -2.04. The highest BCUT2D eigenvalue weighted by Gasteiger charge is 2.51. The molecule has 1 heterocycles. The first-order valence-electron chi connectivity index (χ1n) is 8.87. The summed E-state index contributed by atoms with van der Waals surface area (Å²) in [5.41, 5.74) is -1.54. The maximum atomic E-state index is 12.8. The van der Waals surface area contributed by atoms with Gasteiger partial charge in [-0.15, -0.1) is 0 Å². The van der Waals surface area contributed by atoms with Crippen LogP contribution < -0.4 is 10.2 Å². The Kier molecular flexibility index (Phi) is 5.26. The SMILES string of the molecule is CC1(C)OB(c2ccc(S(=O)(=O)Nc3cccc(C(F)(F)F)c3)cc2)OC1(C)C. The third-order valence-electron chi connectivity index (χ3n) is 5.16. The van der Waals surface area contributed by atoms with Gasteiger partial charge >= 0.3 is 13.3 Å². The van der Waals surface area contributed by atoms with Crippen molar-refractivity contribution in [3.8, 4) is 0 Å². The van der Waals surface area contributed by atoms with E-state index in [0.717, 1.165) is 18.2 Å². The molecule has 5 nitrogen and oxygen atoms in total. The lowest BCUT2D eigenvalue weighted by Crippen LogP contribution is -2.41. The first kappa shape index (κ1) is 21.7. The standard InChI is InChI=1S/C19H21BF3NO4S/c1-17(2)18(3,4)28-20(27-17)14-8-10-16(11-9-14)29(25,26)24-15-7-5-6-13(12-15)19(21,22)23/h5-12,24H,1-4H3. The summed E-state index contributed by atoms with van der Waals surface area (Å²) in [6.07, 6.45) is -4.56. The number of rotatable bonds is 4. The van der Waals surface area contributed by atoms with Gasteiger partial charge < -0.3 is 9.31 Å². The normalized spacial score (nSPS) is 18.7. The predicted octanol–water partition coefficient (Wildman–Crippen LogP) is 3.81. The maximum absolute atomic E-state index is 12.8. The summed E-state index contributed by atoms with van der Waals surface area (Å²) in [5.74, 6) is 0. The monoisotopic (exact) mass is 427 g/mol. The first-order valence-corrected chi connectivity index (χ1v) is 10.4. The van der Waals surface area contributed by atoms with Crippen LogP contribution in [0.25, 0.3) is 0 Å². The largest absolute Gasteiger partial charge is 0.494 e. The quantitative estimate of drug-likeness (QED) is 0.754. The van der Waals surface area contributed by atoms with Crippen molar-refractivity contribution in [2.24, 2.45) is 0 Å². The summed E-state index contributed by atoms with van der Waals surface area (Å²) in [7, 11) is -4.71. The predicted molar refractivity (Wildman–Crippen MR) is 104 cm³/mol. The van der Waals surface area contributed by atoms with Crippen LogP contribution in [-0.4, -0.2) is 26.7 Å². The van der Waals surface area contributed by atoms with Gasteiger partial charge in [-0.2, -0.15) is 13.2 Å². The number of nitrogens with one attached hydrogen (secondary N) is 1. The number of benzene rings is 2. The van der Waals surface area contributed by atoms with Crippen molar-refractivity contribution in [3.05, 3.63) is 54.1 Å². The highest BCUT2D eigenvalue weighted by atomic mass is 32.2. The van der Waals surface area contributed by atoms with E-state index in [9.17, 15) is 21.6 Å². The number of hydrogen-bond donors (Lipinski definition) is 1. The van der Waals surface area contributed by atoms with Crippen molar-refractivity contribution in [2.75, 3.05) is 4.72 Å². The molecule has 1 aliphatic heterocycles. The van der Waals surface area contributed by atoms with Gasteiger partial charge in [0.2, 0.25) is 0 Å². The second-order valence-electron chi connectivity index (χ2n) is 7.84. The van der Waals surface area contributed by atoms with Crippen molar-refractivity contribution >= 4 is 28.3 Å². The van der Waals surface area contributed by atoms with Gasteiger partial charge in [-0.05, 0) is 63.5 Å². The maximum Gasteiger partial charge on any atom is 0.494 e. The number of halogens is 3. The summed E-state index contributed by atoms with van der Waals surface area (Å²) in [5, 5.41) is 0. The van der Waals surface area contributed by atoms with E-state index in [1.807, 2.05) is 27.7 Å². The van der Waals surface area contributed by atoms with Crippen LogP contribution in [0, 0.1) is 0 Å². The summed E-state index contributed by atoms with van der Waals surface area (Å²) < 4.78 is 77.6. The lowest BCUT2D eigenvalue weighted by molar-refractivity contribution is -0.137. The smallest absolute Gasteiger partial charge is 0.399 e. The zero-order valence-corrected chi connectivity index (χ0v) is 17.2. The summed E-state index contributed by atoms with van der Waals surface area (Å²) in [6.45, 7) is 7.63. The minimum Gasteiger partial charge on any atom is -0.399 e. The van der Waals surface area contributed by atoms with Gasteiger partial charge in [0, 0.05) is 5.69 Å². The van der Waals surface area contributed by atoms with Crippen molar-refractivity contribution < 1.29 is 30.9 Å². The molecule has 1 fully saturated rings. The molecule has 3 rings (SSSR count). The lowest BCUT2D eigenvalue weighted by Gasteiger charge is -2.32. The van der Waals surface area contributed by atoms with Crippen molar-refractivity contribution in [2.45, 2.75) is 50.0 Å². The minimum absolute atomic E-state index is 0.0878. The van der Waals surface area contributed by atoms with E-state index in [1.165, 1.54) is 18.2 Å². The molecule has 1 N–H and O–H groups in total. The molecule has 0 atom stereocenters. The van der Waals surface area contributed by atoms with Crippen LogP contribution in [0.4, 0.5) is 18.9 Å². The van der Waals surface area contributed by atoms with Gasteiger partial charge in [-0.1, -0.05) is 18.2 Å². The van der Waals surface area contributed by atoms with E-state index in [2.05, 4.69) is 4.72 Å². The number of alkyl halides is 3. The second kappa shape index (κ2) is 7.03. The molecule has 0 aliphatic carbocycles.